The Morgan fingerprint density at radius 1 is 1.08 bits per heavy atom. The number of amides is 1. The monoisotopic (exact) mass is 351 g/mol. The Labute approximate surface area is 152 Å². The summed E-state index contributed by atoms with van der Waals surface area (Å²) in [6, 6.07) is 13.9. The predicted octanol–water partition coefficient (Wildman–Crippen LogP) is 4.07. The summed E-state index contributed by atoms with van der Waals surface area (Å²) >= 11 is 1.60. The van der Waals surface area contributed by atoms with Gasteiger partial charge in [-0.05, 0) is 42.7 Å². The van der Waals surface area contributed by atoms with Crippen LogP contribution in [0.5, 0.6) is 0 Å². The van der Waals surface area contributed by atoms with Crippen LogP contribution in [0.25, 0.3) is 0 Å². The molecular weight excluding hydrogens is 330 g/mol. The van der Waals surface area contributed by atoms with Crippen LogP contribution in [-0.4, -0.2) is 15.9 Å². The van der Waals surface area contributed by atoms with Crippen molar-refractivity contribution in [2.24, 2.45) is 0 Å². The maximum atomic E-state index is 12.2. The van der Waals surface area contributed by atoms with Gasteiger partial charge in [0.15, 0.2) is 0 Å². The van der Waals surface area contributed by atoms with Crippen LogP contribution in [0.2, 0.25) is 0 Å². The van der Waals surface area contributed by atoms with E-state index in [9.17, 15) is 4.79 Å². The van der Waals surface area contributed by atoms with Gasteiger partial charge in [0.1, 0.15) is 0 Å². The van der Waals surface area contributed by atoms with E-state index in [4.69, 9.17) is 0 Å². The molecule has 1 amide bonds. The number of benzene rings is 1. The zero-order valence-corrected chi connectivity index (χ0v) is 15.1. The second-order valence-electron chi connectivity index (χ2n) is 5.83. The minimum absolute atomic E-state index is 0.0363. The third-order valence-corrected chi connectivity index (χ3v) is 4.87. The van der Waals surface area contributed by atoms with Gasteiger partial charge in [-0.25, -0.2) is 4.98 Å². The fourth-order valence-corrected chi connectivity index (χ4v) is 3.32. The van der Waals surface area contributed by atoms with Gasteiger partial charge in [0.25, 0.3) is 0 Å². The van der Waals surface area contributed by atoms with E-state index in [-0.39, 0.29) is 5.91 Å². The normalized spacial score (nSPS) is 10.6. The molecule has 128 valence electrons. The van der Waals surface area contributed by atoms with Gasteiger partial charge in [-0.1, -0.05) is 25.1 Å². The summed E-state index contributed by atoms with van der Waals surface area (Å²) in [7, 11) is 0. The van der Waals surface area contributed by atoms with Crippen molar-refractivity contribution >= 4 is 22.9 Å². The van der Waals surface area contributed by atoms with Gasteiger partial charge in [-0.2, -0.15) is 0 Å². The van der Waals surface area contributed by atoms with Crippen molar-refractivity contribution in [3.05, 3.63) is 76.0 Å². The number of carbonyl (C=O) groups excluding carboxylic acids is 1. The molecule has 0 saturated carbocycles. The maximum Gasteiger partial charge on any atom is 0.230 e. The smallest absolute Gasteiger partial charge is 0.230 e. The first-order valence-corrected chi connectivity index (χ1v) is 9.33. The lowest BCUT2D eigenvalue weighted by Crippen LogP contribution is -2.14. The van der Waals surface area contributed by atoms with Crippen molar-refractivity contribution in [1.29, 1.82) is 0 Å². The standard InChI is InChI=1S/C20H21N3OS/c1-2-15-6-8-17(9-7-15)22-19(24)13-18-14-25-20(23-18)11-10-16-5-3-4-12-21-16/h3-9,12,14H,2,10-11,13H2,1H3,(H,22,24). The first-order valence-electron chi connectivity index (χ1n) is 8.45. The molecule has 25 heavy (non-hydrogen) atoms. The van der Waals surface area contributed by atoms with E-state index in [0.717, 1.165) is 41.3 Å². The minimum atomic E-state index is -0.0363. The Hall–Kier alpha value is -2.53. The highest BCUT2D eigenvalue weighted by Gasteiger charge is 2.09. The van der Waals surface area contributed by atoms with Crippen LogP contribution in [0.1, 0.15) is 28.9 Å². The summed E-state index contributed by atoms with van der Waals surface area (Å²) in [5.74, 6) is -0.0363. The van der Waals surface area contributed by atoms with E-state index in [1.807, 2.05) is 47.8 Å². The van der Waals surface area contributed by atoms with Crippen molar-refractivity contribution in [2.75, 3.05) is 5.32 Å². The maximum absolute atomic E-state index is 12.2. The molecule has 0 aliphatic rings. The molecule has 0 saturated heterocycles. The molecule has 0 atom stereocenters. The highest BCUT2D eigenvalue weighted by Crippen LogP contribution is 2.14. The quantitative estimate of drug-likeness (QED) is 0.698. The molecule has 2 aromatic heterocycles. The molecule has 0 spiro atoms. The van der Waals surface area contributed by atoms with Crippen LogP contribution in [-0.2, 0) is 30.5 Å². The molecule has 0 radical (unpaired) electrons. The first-order chi connectivity index (χ1) is 12.2. The Balaban J connectivity index is 1.50. The number of rotatable bonds is 7. The Bertz CT molecular complexity index is 812. The number of hydrogen-bond donors (Lipinski definition) is 1. The van der Waals surface area contributed by atoms with E-state index in [0.29, 0.717) is 6.42 Å². The van der Waals surface area contributed by atoms with E-state index in [2.05, 4.69) is 22.2 Å². The van der Waals surface area contributed by atoms with Crippen molar-refractivity contribution < 1.29 is 4.79 Å². The van der Waals surface area contributed by atoms with Gasteiger partial charge in [0.2, 0.25) is 5.91 Å². The summed E-state index contributed by atoms with van der Waals surface area (Å²) in [5, 5.41) is 5.93. The molecule has 0 bridgehead atoms. The molecule has 0 aliphatic carbocycles. The average molecular weight is 351 g/mol. The van der Waals surface area contributed by atoms with Crippen LogP contribution in [0, 0.1) is 0 Å². The summed E-state index contributed by atoms with van der Waals surface area (Å²) in [6.45, 7) is 2.11. The zero-order valence-electron chi connectivity index (χ0n) is 14.2. The topological polar surface area (TPSA) is 54.9 Å². The Morgan fingerprint density at radius 2 is 1.92 bits per heavy atom. The van der Waals surface area contributed by atoms with Crippen molar-refractivity contribution in [1.82, 2.24) is 9.97 Å². The van der Waals surface area contributed by atoms with Crippen LogP contribution in [0.15, 0.2) is 54.0 Å². The molecule has 5 heteroatoms. The highest BCUT2D eigenvalue weighted by molar-refractivity contribution is 7.09. The van der Waals surface area contributed by atoms with E-state index >= 15 is 0 Å². The van der Waals surface area contributed by atoms with Crippen molar-refractivity contribution in [3.63, 3.8) is 0 Å². The van der Waals surface area contributed by atoms with Crippen LogP contribution in [0.3, 0.4) is 0 Å². The molecular formula is C20H21N3OS. The third kappa shape index (κ3) is 5.22. The lowest BCUT2D eigenvalue weighted by molar-refractivity contribution is -0.115. The summed E-state index contributed by atoms with van der Waals surface area (Å²) in [4.78, 5) is 21.1. The zero-order chi connectivity index (χ0) is 17.5. The summed E-state index contributed by atoms with van der Waals surface area (Å²) in [5.41, 5.74) is 3.97. The summed E-state index contributed by atoms with van der Waals surface area (Å²) in [6.07, 6.45) is 4.81. The summed E-state index contributed by atoms with van der Waals surface area (Å²) < 4.78 is 0. The number of anilines is 1. The Kier molecular flexibility index (Phi) is 5.90. The van der Waals surface area contributed by atoms with Gasteiger partial charge >= 0.3 is 0 Å². The van der Waals surface area contributed by atoms with Gasteiger partial charge in [0, 0.05) is 29.4 Å². The lowest BCUT2D eigenvalue weighted by Gasteiger charge is -2.05. The van der Waals surface area contributed by atoms with Crippen LogP contribution < -0.4 is 5.32 Å². The predicted molar refractivity (Wildman–Crippen MR) is 102 cm³/mol. The highest BCUT2D eigenvalue weighted by atomic mass is 32.1. The molecule has 3 rings (SSSR count). The fraction of sp³-hybridized carbons (Fsp3) is 0.250. The van der Waals surface area contributed by atoms with Gasteiger partial charge in [-0.15, -0.1) is 11.3 Å². The number of hydrogen-bond acceptors (Lipinski definition) is 4. The second-order valence-corrected chi connectivity index (χ2v) is 6.77. The molecule has 3 aromatic rings. The third-order valence-electron chi connectivity index (χ3n) is 3.91. The molecule has 2 heterocycles. The lowest BCUT2D eigenvalue weighted by atomic mass is 10.1. The largest absolute Gasteiger partial charge is 0.326 e. The molecule has 0 aliphatic heterocycles. The number of pyridine rings is 1. The number of aryl methyl sites for hydroxylation is 3. The second kappa shape index (κ2) is 8.53. The SMILES string of the molecule is CCc1ccc(NC(=O)Cc2csc(CCc3ccccn3)n2)cc1. The van der Waals surface area contributed by atoms with E-state index in [1.165, 1.54) is 5.56 Å². The van der Waals surface area contributed by atoms with Gasteiger partial charge < -0.3 is 5.32 Å². The molecule has 1 aromatic carbocycles. The first kappa shape index (κ1) is 17.3. The average Bonchev–Trinajstić information content (AvgIpc) is 3.08. The minimum Gasteiger partial charge on any atom is -0.326 e. The van der Waals surface area contributed by atoms with Crippen LogP contribution >= 0.6 is 11.3 Å². The number of carbonyl (C=O) groups is 1. The van der Waals surface area contributed by atoms with Gasteiger partial charge in [-0.3, -0.25) is 9.78 Å². The molecule has 4 nitrogen and oxygen atoms in total. The number of nitrogens with zero attached hydrogens (tertiary/aromatic N) is 2. The van der Waals surface area contributed by atoms with Crippen molar-refractivity contribution in [2.45, 2.75) is 32.6 Å². The number of aromatic nitrogens is 2. The van der Waals surface area contributed by atoms with E-state index in [1.54, 1.807) is 17.5 Å². The van der Waals surface area contributed by atoms with E-state index < -0.39 is 0 Å². The van der Waals surface area contributed by atoms with Crippen molar-refractivity contribution in [3.8, 4) is 0 Å². The fourth-order valence-electron chi connectivity index (χ4n) is 2.52. The van der Waals surface area contributed by atoms with Gasteiger partial charge in [0.05, 0.1) is 17.1 Å². The number of nitrogens with one attached hydrogen (secondary N) is 1. The Morgan fingerprint density at radius 3 is 2.64 bits per heavy atom. The van der Waals surface area contributed by atoms with Crippen LogP contribution in [0.4, 0.5) is 5.69 Å². The number of thiazole rings is 1. The molecule has 1 N–H and O–H groups in total. The molecule has 0 fully saturated rings. The molecule has 0 unspecified atom stereocenters.